The molecule has 0 aliphatic carbocycles. The summed E-state index contributed by atoms with van der Waals surface area (Å²) in [5, 5.41) is 3.02. The maximum absolute atomic E-state index is 13.0. The molecule has 6 nitrogen and oxygen atoms in total. The van der Waals surface area contributed by atoms with Crippen LogP contribution in [0.15, 0.2) is 16.5 Å². The number of nitrogens with one attached hydrogen (secondary N) is 1. The number of piperidine rings is 1. The highest BCUT2D eigenvalue weighted by molar-refractivity contribution is 6.00. The Bertz CT molecular complexity index is 659. The zero-order valence-electron chi connectivity index (χ0n) is 16.4. The monoisotopic (exact) mass is 361 g/mol. The Morgan fingerprint density at radius 3 is 2.50 bits per heavy atom. The van der Waals surface area contributed by atoms with Gasteiger partial charge in [-0.2, -0.15) is 0 Å². The van der Waals surface area contributed by atoms with Gasteiger partial charge in [-0.25, -0.2) is 0 Å². The van der Waals surface area contributed by atoms with Crippen molar-refractivity contribution in [1.82, 2.24) is 15.1 Å². The van der Waals surface area contributed by atoms with Crippen LogP contribution in [0, 0.1) is 12.8 Å². The number of likely N-dealkylation sites (N-methyl/N-ethyl adjacent to an activating group) is 1. The van der Waals surface area contributed by atoms with Crippen molar-refractivity contribution in [2.24, 2.45) is 5.92 Å². The van der Waals surface area contributed by atoms with Crippen LogP contribution in [0.2, 0.25) is 0 Å². The topological polar surface area (TPSA) is 65.8 Å². The van der Waals surface area contributed by atoms with E-state index < -0.39 is 5.54 Å². The van der Waals surface area contributed by atoms with E-state index in [1.54, 1.807) is 0 Å². The smallest absolute Gasteiger partial charge is 0.246 e. The highest BCUT2D eigenvalue weighted by Crippen LogP contribution is 2.34. The number of carbonyl (C=O) groups is 2. The number of furan rings is 1. The van der Waals surface area contributed by atoms with Crippen molar-refractivity contribution in [1.29, 1.82) is 0 Å². The van der Waals surface area contributed by atoms with Gasteiger partial charge in [0.05, 0.1) is 6.54 Å². The van der Waals surface area contributed by atoms with Crippen LogP contribution in [0.3, 0.4) is 0 Å². The van der Waals surface area contributed by atoms with Gasteiger partial charge >= 0.3 is 0 Å². The van der Waals surface area contributed by atoms with Crippen molar-refractivity contribution < 1.29 is 14.0 Å². The van der Waals surface area contributed by atoms with Crippen molar-refractivity contribution in [3.63, 3.8) is 0 Å². The van der Waals surface area contributed by atoms with E-state index in [9.17, 15) is 9.59 Å². The Balaban J connectivity index is 1.69. The number of amides is 2. The molecule has 0 saturated carbocycles. The van der Waals surface area contributed by atoms with Crippen LogP contribution >= 0.6 is 0 Å². The van der Waals surface area contributed by atoms with E-state index in [1.807, 2.05) is 30.9 Å². The van der Waals surface area contributed by atoms with Gasteiger partial charge in [0, 0.05) is 19.6 Å². The SMILES string of the molecule is CCN1C(=O)C(CC(C)C)NC(=O)C12CCN(Cc1ccc(C)o1)CC2. The zero-order chi connectivity index (χ0) is 18.9. The second kappa shape index (κ2) is 7.43. The van der Waals surface area contributed by atoms with Gasteiger partial charge in [-0.15, -0.1) is 0 Å². The van der Waals surface area contributed by atoms with Crippen LogP contribution in [-0.4, -0.2) is 52.8 Å². The molecule has 0 radical (unpaired) electrons. The number of carbonyl (C=O) groups excluding carboxylic acids is 2. The van der Waals surface area contributed by atoms with Gasteiger partial charge in [0.15, 0.2) is 0 Å². The molecule has 2 saturated heterocycles. The minimum atomic E-state index is -0.686. The number of likely N-dealkylation sites (tertiary alicyclic amines) is 1. The first-order valence-corrected chi connectivity index (χ1v) is 9.76. The number of piperazine rings is 1. The second-order valence-corrected chi connectivity index (χ2v) is 8.06. The fourth-order valence-electron chi connectivity index (χ4n) is 4.33. The summed E-state index contributed by atoms with van der Waals surface area (Å²) in [6.07, 6.45) is 2.04. The first-order valence-electron chi connectivity index (χ1n) is 9.76. The minimum Gasteiger partial charge on any atom is -0.465 e. The number of nitrogens with zero attached hydrogens (tertiary/aromatic N) is 2. The van der Waals surface area contributed by atoms with Crippen molar-refractivity contribution >= 4 is 11.8 Å². The van der Waals surface area contributed by atoms with Crippen LogP contribution in [0.25, 0.3) is 0 Å². The van der Waals surface area contributed by atoms with Crippen molar-refractivity contribution in [3.8, 4) is 0 Å². The van der Waals surface area contributed by atoms with Gasteiger partial charge in [-0.3, -0.25) is 14.5 Å². The summed E-state index contributed by atoms with van der Waals surface area (Å²) >= 11 is 0. The Morgan fingerprint density at radius 1 is 1.27 bits per heavy atom. The zero-order valence-corrected chi connectivity index (χ0v) is 16.4. The van der Waals surface area contributed by atoms with E-state index in [0.29, 0.717) is 31.7 Å². The van der Waals surface area contributed by atoms with Crippen LogP contribution < -0.4 is 5.32 Å². The fourth-order valence-corrected chi connectivity index (χ4v) is 4.33. The molecule has 2 aliphatic rings. The van der Waals surface area contributed by atoms with E-state index in [4.69, 9.17) is 4.42 Å². The molecule has 1 atom stereocenters. The number of rotatable bonds is 5. The summed E-state index contributed by atoms with van der Waals surface area (Å²) in [4.78, 5) is 30.1. The quantitative estimate of drug-likeness (QED) is 0.874. The Morgan fingerprint density at radius 2 is 1.96 bits per heavy atom. The molecule has 1 unspecified atom stereocenters. The van der Waals surface area contributed by atoms with E-state index in [0.717, 1.165) is 31.2 Å². The lowest BCUT2D eigenvalue weighted by atomic mass is 9.81. The third-order valence-electron chi connectivity index (χ3n) is 5.69. The van der Waals surface area contributed by atoms with Gasteiger partial charge in [-0.05, 0) is 51.2 Å². The van der Waals surface area contributed by atoms with E-state index in [-0.39, 0.29) is 17.9 Å². The van der Waals surface area contributed by atoms with Crippen molar-refractivity contribution in [2.45, 2.75) is 65.1 Å². The molecular weight excluding hydrogens is 330 g/mol. The molecule has 6 heteroatoms. The molecule has 2 aliphatic heterocycles. The number of aryl methyl sites for hydroxylation is 1. The van der Waals surface area contributed by atoms with Gasteiger partial charge in [0.2, 0.25) is 11.8 Å². The lowest BCUT2D eigenvalue weighted by Gasteiger charge is -2.51. The van der Waals surface area contributed by atoms with Gasteiger partial charge < -0.3 is 14.6 Å². The molecule has 26 heavy (non-hydrogen) atoms. The first-order chi connectivity index (χ1) is 12.4. The van der Waals surface area contributed by atoms with Crippen molar-refractivity contribution in [3.05, 3.63) is 23.7 Å². The van der Waals surface area contributed by atoms with Crippen LogP contribution in [-0.2, 0) is 16.1 Å². The minimum absolute atomic E-state index is 0.0260. The maximum Gasteiger partial charge on any atom is 0.246 e. The molecule has 1 N–H and O–H groups in total. The van der Waals surface area contributed by atoms with Crippen LogP contribution in [0.1, 0.15) is 51.6 Å². The number of hydrogen-bond acceptors (Lipinski definition) is 4. The van der Waals surface area contributed by atoms with Gasteiger partial charge in [-0.1, -0.05) is 13.8 Å². The molecule has 1 spiro atoms. The molecule has 3 heterocycles. The highest BCUT2D eigenvalue weighted by atomic mass is 16.3. The molecule has 144 valence electrons. The molecule has 2 fully saturated rings. The molecule has 2 amide bonds. The third-order valence-corrected chi connectivity index (χ3v) is 5.69. The highest BCUT2D eigenvalue weighted by Gasteiger charge is 2.52. The lowest BCUT2D eigenvalue weighted by Crippen LogP contribution is -2.72. The van der Waals surface area contributed by atoms with Gasteiger partial charge in [0.25, 0.3) is 0 Å². The first kappa shape index (κ1) is 19.0. The molecule has 1 aromatic rings. The molecule has 0 aromatic carbocycles. The summed E-state index contributed by atoms with van der Waals surface area (Å²) < 4.78 is 5.67. The normalized spacial score (nSPS) is 23.7. The summed E-state index contributed by atoms with van der Waals surface area (Å²) in [5.41, 5.74) is -0.686. The Kier molecular flexibility index (Phi) is 5.42. The second-order valence-electron chi connectivity index (χ2n) is 8.06. The summed E-state index contributed by atoms with van der Waals surface area (Å²) in [6, 6.07) is 3.60. The number of hydrogen-bond donors (Lipinski definition) is 1. The lowest BCUT2D eigenvalue weighted by molar-refractivity contribution is -0.161. The molecule has 1 aromatic heterocycles. The maximum atomic E-state index is 13.0. The average Bonchev–Trinajstić information content (AvgIpc) is 2.99. The summed E-state index contributed by atoms with van der Waals surface area (Å²) in [5.74, 6) is 2.34. The van der Waals surface area contributed by atoms with E-state index in [1.165, 1.54) is 0 Å². The molecule has 0 bridgehead atoms. The third kappa shape index (κ3) is 3.52. The predicted molar refractivity (Wildman–Crippen MR) is 99.5 cm³/mol. The Hall–Kier alpha value is -1.82. The van der Waals surface area contributed by atoms with E-state index in [2.05, 4.69) is 24.1 Å². The average molecular weight is 361 g/mol. The van der Waals surface area contributed by atoms with Crippen LogP contribution in [0.5, 0.6) is 0 Å². The summed E-state index contributed by atoms with van der Waals surface area (Å²) in [7, 11) is 0. The molecular formula is C20H31N3O3. The Labute approximate surface area is 155 Å². The summed E-state index contributed by atoms with van der Waals surface area (Å²) in [6.45, 7) is 11.0. The van der Waals surface area contributed by atoms with Crippen LogP contribution in [0.4, 0.5) is 0 Å². The van der Waals surface area contributed by atoms with E-state index >= 15 is 0 Å². The standard InChI is InChI=1S/C20H31N3O3/c1-5-23-18(24)17(12-14(2)3)21-19(25)20(23)8-10-22(11-9-20)13-16-7-6-15(4)26-16/h6-7,14,17H,5,8-13H2,1-4H3,(H,21,25). The molecule has 3 rings (SSSR count). The predicted octanol–water partition coefficient (Wildman–Crippen LogP) is 2.32. The van der Waals surface area contributed by atoms with Gasteiger partial charge in [0.1, 0.15) is 23.1 Å². The largest absolute Gasteiger partial charge is 0.465 e. The van der Waals surface area contributed by atoms with Crippen molar-refractivity contribution in [2.75, 3.05) is 19.6 Å². The fraction of sp³-hybridized carbons (Fsp3) is 0.700.